The molecule has 0 amide bonds. The van der Waals surface area contributed by atoms with Gasteiger partial charge in [0.1, 0.15) is 0 Å². The van der Waals surface area contributed by atoms with Crippen molar-refractivity contribution in [3.63, 3.8) is 0 Å². The topological polar surface area (TPSA) is 40.6 Å². The molecule has 25 heavy (non-hydrogen) atoms. The quantitative estimate of drug-likeness (QED) is 0.816. The summed E-state index contributed by atoms with van der Waals surface area (Å²) in [6.07, 6.45) is 0. The first-order valence-electron chi connectivity index (χ1n) is 8.38. The lowest BCUT2D eigenvalue weighted by atomic mass is 10.1. The van der Waals surface area contributed by atoms with E-state index in [-0.39, 0.29) is 0 Å². The lowest BCUT2D eigenvalue weighted by Crippen LogP contribution is -2.48. The van der Waals surface area contributed by atoms with Gasteiger partial charge in [-0.05, 0) is 61.7 Å². The molecule has 0 radical (unpaired) electrons. The second-order valence-corrected chi connectivity index (χ2v) is 8.84. The van der Waals surface area contributed by atoms with E-state index in [1.807, 2.05) is 51.1 Å². The van der Waals surface area contributed by atoms with Crippen LogP contribution in [0.15, 0.2) is 41.3 Å². The van der Waals surface area contributed by atoms with Crippen molar-refractivity contribution >= 4 is 27.3 Å². The molecule has 0 bridgehead atoms. The molecule has 0 saturated carbocycles. The van der Waals surface area contributed by atoms with Gasteiger partial charge in [0.15, 0.2) is 0 Å². The van der Waals surface area contributed by atoms with Crippen LogP contribution in [-0.2, 0) is 10.0 Å². The fraction of sp³-hybridized carbons (Fsp3) is 0.368. The summed E-state index contributed by atoms with van der Waals surface area (Å²) in [6, 6.07) is 11.3. The molecular formula is C19H23ClN2O2S. The standard InChI is InChI=1S/C19H23ClN2O2S/c1-14-7-8-19(16(3)15(14)2)25(23,24)22-11-9-21(10-12-22)18-6-4-5-17(20)13-18/h4-8,13H,9-12H2,1-3H3. The van der Waals surface area contributed by atoms with E-state index >= 15 is 0 Å². The average molecular weight is 379 g/mol. The Morgan fingerprint density at radius 2 is 1.60 bits per heavy atom. The Hall–Kier alpha value is -1.56. The molecule has 0 aromatic heterocycles. The van der Waals surface area contributed by atoms with Gasteiger partial charge in [0.05, 0.1) is 4.90 Å². The monoisotopic (exact) mass is 378 g/mol. The van der Waals surface area contributed by atoms with E-state index in [1.165, 1.54) is 0 Å². The number of benzene rings is 2. The van der Waals surface area contributed by atoms with E-state index in [9.17, 15) is 8.42 Å². The van der Waals surface area contributed by atoms with Gasteiger partial charge in [0, 0.05) is 36.9 Å². The molecule has 0 N–H and O–H groups in total. The Morgan fingerprint density at radius 3 is 2.24 bits per heavy atom. The van der Waals surface area contributed by atoms with Crippen molar-refractivity contribution in [3.05, 3.63) is 58.1 Å². The highest BCUT2D eigenvalue weighted by Gasteiger charge is 2.30. The molecule has 2 aromatic carbocycles. The summed E-state index contributed by atoms with van der Waals surface area (Å²) in [7, 11) is -3.47. The predicted molar refractivity (Wildman–Crippen MR) is 103 cm³/mol. The zero-order valence-electron chi connectivity index (χ0n) is 14.8. The van der Waals surface area contributed by atoms with E-state index in [0.29, 0.717) is 36.1 Å². The summed E-state index contributed by atoms with van der Waals surface area (Å²) >= 11 is 6.06. The summed E-state index contributed by atoms with van der Waals surface area (Å²) in [5, 5.41) is 0.693. The third-order valence-corrected chi connectivity index (χ3v) is 7.32. The van der Waals surface area contributed by atoms with Crippen LogP contribution in [-0.4, -0.2) is 38.9 Å². The Bertz CT molecular complexity index is 888. The Labute approximate surface area is 155 Å². The molecule has 0 spiro atoms. The fourth-order valence-corrected chi connectivity index (χ4v) is 5.10. The van der Waals surface area contributed by atoms with E-state index in [2.05, 4.69) is 4.90 Å². The highest BCUT2D eigenvalue weighted by molar-refractivity contribution is 7.89. The van der Waals surface area contributed by atoms with Crippen molar-refractivity contribution in [1.82, 2.24) is 4.31 Å². The molecule has 0 atom stereocenters. The molecule has 1 saturated heterocycles. The SMILES string of the molecule is Cc1ccc(S(=O)(=O)N2CCN(c3cccc(Cl)c3)CC2)c(C)c1C. The second kappa shape index (κ2) is 6.98. The molecule has 1 heterocycles. The van der Waals surface area contributed by atoms with Crippen LogP contribution < -0.4 is 4.90 Å². The van der Waals surface area contributed by atoms with Gasteiger partial charge in [-0.2, -0.15) is 4.31 Å². The summed E-state index contributed by atoms with van der Waals surface area (Å²) in [5.74, 6) is 0. The first kappa shape index (κ1) is 18.2. The number of halogens is 1. The van der Waals surface area contributed by atoms with Gasteiger partial charge in [-0.15, -0.1) is 0 Å². The molecule has 1 fully saturated rings. The van der Waals surface area contributed by atoms with E-state index in [1.54, 1.807) is 10.4 Å². The zero-order chi connectivity index (χ0) is 18.2. The van der Waals surface area contributed by atoms with Gasteiger partial charge in [-0.3, -0.25) is 0 Å². The summed E-state index contributed by atoms with van der Waals surface area (Å²) in [5.41, 5.74) is 4.03. The molecule has 2 aromatic rings. The molecule has 134 valence electrons. The van der Waals surface area contributed by atoms with Crippen molar-refractivity contribution in [3.8, 4) is 0 Å². The minimum Gasteiger partial charge on any atom is -0.369 e. The average Bonchev–Trinajstić information content (AvgIpc) is 2.59. The maximum atomic E-state index is 13.1. The van der Waals surface area contributed by atoms with Gasteiger partial charge in [-0.1, -0.05) is 23.7 Å². The Balaban J connectivity index is 1.79. The molecule has 4 nitrogen and oxygen atoms in total. The molecule has 0 aliphatic carbocycles. The number of rotatable bonds is 3. The van der Waals surface area contributed by atoms with E-state index in [4.69, 9.17) is 11.6 Å². The normalized spacial score (nSPS) is 16.2. The predicted octanol–water partition coefficient (Wildman–Crippen LogP) is 3.78. The molecule has 0 unspecified atom stereocenters. The highest BCUT2D eigenvalue weighted by atomic mass is 35.5. The molecule has 6 heteroatoms. The lowest BCUT2D eigenvalue weighted by molar-refractivity contribution is 0.384. The van der Waals surface area contributed by atoms with Gasteiger partial charge in [-0.25, -0.2) is 8.42 Å². The van der Waals surface area contributed by atoms with Crippen LogP contribution in [0.25, 0.3) is 0 Å². The number of aryl methyl sites for hydroxylation is 1. The second-order valence-electron chi connectivity index (χ2n) is 6.50. The first-order chi connectivity index (χ1) is 11.8. The van der Waals surface area contributed by atoms with Crippen LogP contribution in [0.4, 0.5) is 5.69 Å². The van der Waals surface area contributed by atoms with Crippen LogP contribution >= 0.6 is 11.6 Å². The minimum atomic E-state index is -3.47. The number of hydrogen-bond donors (Lipinski definition) is 0. The van der Waals surface area contributed by atoms with Crippen LogP contribution in [0.3, 0.4) is 0 Å². The maximum Gasteiger partial charge on any atom is 0.243 e. The smallest absolute Gasteiger partial charge is 0.243 e. The number of nitrogens with zero attached hydrogens (tertiary/aromatic N) is 2. The highest BCUT2D eigenvalue weighted by Crippen LogP contribution is 2.27. The summed E-state index contributed by atoms with van der Waals surface area (Å²) in [6.45, 7) is 8.12. The third-order valence-electron chi connectivity index (χ3n) is 5.04. The van der Waals surface area contributed by atoms with Crippen LogP contribution in [0, 0.1) is 20.8 Å². The maximum absolute atomic E-state index is 13.1. The van der Waals surface area contributed by atoms with Crippen LogP contribution in [0.1, 0.15) is 16.7 Å². The molecule has 1 aliphatic heterocycles. The summed E-state index contributed by atoms with van der Waals surface area (Å²) in [4.78, 5) is 2.59. The minimum absolute atomic E-state index is 0.423. The van der Waals surface area contributed by atoms with Crippen LogP contribution in [0.2, 0.25) is 5.02 Å². The molecular weight excluding hydrogens is 356 g/mol. The zero-order valence-corrected chi connectivity index (χ0v) is 16.4. The fourth-order valence-electron chi connectivity index (χ4n) is 3.21. The van der Waals surface area contributed by atoms with Crippen molar-refractivity contribution in [1.29, 1.82) is 0 Å². The number of piperazine rings is 1. The summed E-state index contributed by atoms with van der Waals surface area (Å²) < 4.78 is 27.7. The Morgan fingerprint density at radius 1 is 0.920 bits per heavy atom. The van der Waals surface area contributed by atoms with Gasteiger partial charge in [0.2, 0.25) is 10.0 Å². The van der Waals surface area contributed by atoms with Gasteiger partial charge in [0.25, 0.3) is 0 Å². The number of anilines is 1. The van der Waals surface area contributed by atoms with Gasteiger partial charge >= 0.3 is 0 Å². The van der Waals surface area contributed by atoms with Crippen molar-refractivity contribution < 1.29 is 8.42 Å². The van der Waals surface area contributed by atoms with Gasteiger partial charge < -0.3 is 4.90 Å². The first-order valence-corrected chi connectivity index (χ1v) is 10.2. The largest absolute Gasteiger partial charge is 0.369 e. The lowest BCUT2D eigenvalue weighted by Gasteiger charge is -2.35. The third kappa shape index (κ3) is 3.54. The molecule has 1 aliphatic rings. The Kier molecular flexibility index (Phi) is 5.09. The number of hydrogen-bond acceptors (Lipinski definition) is 3. The van der Waals surface area contributed by atoms with E-state index in [0.717, 1.165) is 22.4 Å². The van der Waals surface area contributed by atoms with Crippen molar-refractivity contribution in [2.45, 2.75) is 25.7 Å². The van der Waals surface area contributed by atoms with Crippen LogP contribution in [0.5, 0.6) is 0 Å². The van der Waals surface area contributed by atoms with Crippen molar-refractivity contribution in [2.24, 2.45) is 0 Å². The number of sulfonamides is 1. The van der Waals surface area contributed by atoms with Crippen molar-refractivity contribution in [2.75, 3.05) is 31.1 Å². The molecule has 3 rings (SSSR count). The van der Waals surface area contributed by atoms with E-state index < -0.39 is 10.0 Å².